The molecule has 0 unspecified atom stereocenters. The van der Waals surface area contributed by atoms with Crippen molar-refractivity contribution in [2.75, 3.05) is 24.8 Å². The molecule has 3 aromatic rings. The topological polar surface area (TPSA) is 79.9 Å². The molecular weight excluding hydrogens is 449 g/mol. The third-order valence-corrected chi connectivity index (χ3v) is 6.30. The van der Waals surface area contributed by atoms with E-state index in [0.717, 1.165) is 18.5 Å². The number of anilines is 1. The lowest BCUT2D eigenvalue weighted by atomic mass is 10.0. The van der Waals surface area contributed by atoms with Gasteiger partial charge in [-0.2, -0.15) is 0 Å². The lowest BCUT2D eigenvalue weighted by Crippen LogP contribution is -2.45. The molecule has 2 aliphatic heterocycles. The molecule has 35 heavy (non-hydrogen) atoms. The van der Waals surface area contributed by atoms with Gasteiger partial charge >= 0.3 is 0 Å². The van der Waals surface area contributed by atoms with Crippen molar-refractivity contribution >= 4 is 17.5 Å². The molecule has 0 aromatic heterocycles. The molecule has 0 bridgehead atoms. The highest BCUT2D eigenvalue weighted by Crippen LogP contribution is 2.32. The predicted molar refractivity (Wildman–Crippen MR) is 129 cm³/mol. The molecule has 5 rings (SSSR count). The Bertz CT molecular complexity index is 1240. The van der Waals surface area contributed by atoms with E-state index in [2.05, 4.69) is 15.5 Å². The number of ether oxygens (including phenoxy) is 2. The highest BCUT2D eigenvalue weighted by Gasteiger charge is 2.25. The zero-order valence-electron chi connectivity index (χ0n) is 19.1. The normalized spacial score (nSPS) is 15.1. The van der Waals surface area contributed by atoms with Gasteiger partial charge in [-0.15, -0.1) is 0 Å². The quantitative estimate of drug-likeness (QED) is 0.566. The average molecular weight is 476 g/mol. The van der Waals surface area contributed by atoms with E-state index < -0.39 is 0 Å². The number of nitrogens with one attached hydrogen (secondary N) is 2. The summed E-state index contributed by atoms with van der Waals surface area (Å²) in [5.41, 5.74) is 2.67. The molecule has 3 aromatic carbocycles. The van der Waals surface area contributed by atoms with Crippen molar-refractivity contribution in [2.45, 2.75) is 25.4 Å². The van der Waals surface area contributed by atoms with Crippen LogP contribution in [0.15, 0.2) is 66.7 Å². The van der Waals surface area contributed by atoms with Gasteiger partial charge in [0.2, 0.25) is 6.79 Å². The largest absolute Gasteiger partial charge is 0.454 e. The van der Waals surface area contributed by atoms with Gasteiger partial charge in [-0.3, -0.25) is 9.59 Å². The summed E-state index contributed by atoms with van der Waals surface area (Å²) >= 11 is 0. The Labute approximate surface area is 202 Å². The molecule has 0 aliphatic carbocycles. The number of carbonyl (C=O) groups is 2. The molecule has 2 aliphatic rings. The summed E-state index contributed by atoms with van der Waals surface area (Å²) in [5.74, 6) is 0.556. The molecule has 0 atom stereocenters. The SMILES string of the molecule is O=C(NC1CCN(c2ccccc2C(=O)NCc2cccc(F)c2)CC1)c1ccc2c(c1)OCO2. The zero-order valence-corrected chi connectivity index (χ0v) is 19.1. The Morgan fingerprint density at radius 2 is 1.71 bits per heavy atom. The van der Waals surface area contributed by atoms with E-state index in [1.807, 2.05) is 18.2 Å². The van der Waals surface area contributed by atoms with Crippen LogP contribution >= 0.6 is 0 Å². The fourth-order valence-corrected chi connectivity index (χ4v) is 4.44. The van der Waals surface area contributed by atoms with Crippen LogP contribution in [0.4, 0.5) is 10.1 Å². The third-order valence-electron chi connectivity index (χ3n) is 6.30. The van der Waals surface area contributed by atoms with Crippen LogP contribution in [-0.2, 0) is 6.54 Å². The van der Waals surface area contributed by atoms with Gasteiger partial charge in [-0.1, -0.05) is 24.3 Å². The van der Waals surface area contributed by atoms with Gasteiger partial charge in [0.15, 0.2) is 11.5 Å². The van der Waals surface area contributed by atoms with Crippen LogP contribution in [0, 0.1) is 5.82 Å². The van der Waals surface area contributed by atoms with E-state index in [9.17, 15) is 14.0 Å². The van der Waals surface area contributed by atoms with Crippen LogP contribution in [0.2, 0.25) is 0 Å². The molecule has 180 valence electrons. The van der Waals surface area contributed by atoms with Gasteiger partial charge in [0.1, 0.15) is 5.82 Å². The maximum atomic E-state index is 13.4. The van der Waals surface area contributed by atoms with Crippen LogP contribution in [0.3, 0.4) is 0 Å². The van der Waals surface area contributed by atoms with Crippen LogP contribution in [0.5, 0.6) is 11.5 Å². The minimum absolute atomic E-state index is 0.0399. The summed E-state index contributed by atoms with van der Waals surface area (Å²) in [7, 11) is 0. The first-order chi connectivity index (χ1) is 17.1. The summed E-state index contributed by atoms with van der Waals surface area (Å²) in [6.45, 7) is 1.84. The van der Waals surface area contributed by atoms with Crippen LogP contribution in [0.25, 0.3) is 0 Å². The Balaban J connectivity index is 1.18. The van der Waals surface area contributed by atoms with Gasteiger partial charge in [0.25, 0.3) is 11.8 Å². The van der Waals surface area contributed by atoms with Gasteiger partial charge in [-0.05, 0) is 60.9 Å². The van der Waals surface area contributed by atoms with E-state index >= 15 is 0 Å². The second kappa shape index (κ2) is 10.0. The number of para-hydroxylation sites is 1. The van der Waals surface area contributed by atoms with Crippen molar-refractivity contribution in [1.82, 2.24) is 10.6 Å². The van der Waals surface area contributed by atoms with Crippen molar-refractivity contribution in [2.24, 2.45) is 0 Å². The number of hydrogen-bond donors (Lipinski definition) is 2. The summed E-state index contributed by atoms with van der Waals surface area (Å²) in [6, 6.07) is 18.9. The van der Waals surface area contributed by atoms with E-state index in [1.165, 1.54) is 12.1 Å². The fourth-order valence-electron chi connectivity index (χ4n) is 4.44. The van der Waals surface area contributed by atoms with E-state index in [4.69, 9.17) is 9.47 Å². The van der Waals surface area contributed by atoms with Gasteiger partial charge in [0.05, 0.1) is 5.56 Å². The zero-order chi connectivity index (χ0) is 24.2. The number of benzene rings is 3. The fraction of sp³-hybridized carbons (Fsp3) is 0.259. The number of hydrogen-bond acceptors (Lipinski definition) is 5. The number of halogens is 1. The molecule has 2 N–H and O–H groups in total. The first-order valence-electron chi connectivity index (χ1n) is 11.6. The molecule has 2 heterocycles. The molecular formula is C27H26FN3O4. The van der Waals surface area contributed by atoms with Crippen molar-refractivity contribution in [3.8, 4) is 11.5 Å². The molecule has 1 saturated heterocycles. The average Bonchev–Trinajstić information content (AvgIpc) is 3.36. The van der Waals surface area contributed by atoms with E-state index in [0.29, 0.717) is 41.3 Å². The van der Waals surface area contributed by atoms with Gasteiger partial charge < -0.3 is 25.0 Å². The Hall–Kier alpha value is -4.07. The Morgan fingerprint density at radius 1 is 0.914 bits per heavy atom. The number of carbonyl (C=O) groups excluding carboxylic acids is 2. The molecule has 8 heteroatoms. The molecule has 2 amide bonds. The number of fused-ring (bicyclic) bond motifs is 1. The van der Waals surface area contributed by atoms with Crippen molar-refractivity contribution in [1.29, 1.82) is 0 Å². The minimum atomic E-state index is -0.328. The second-order valence-electron chi connectivity index (χ2n) is 8.63. The Kier molecular flexibility index (Phi) is 6.52. The second-order valence-corrected chi connectivity index (χ2v) is 8.63. The maximum absolute atomic E-state index is 13.4. The standard InChI is InChI=1S/C27H26FN3O4/c28-20-5-3-4-18(14-20)16-29-27(33)22-6-1-2-7-23(22)31-12-10-21(11-13-31)30-26(32)19-8-9-24-25(15-19)35-17-34-24/h1-9,14-15,21H,10-13,16-17H2,(H,29,33)(H,30,32). The highest BCUT2D eigenvalue weighted by molar-refractivity contribution is 6.00. The summed E-state index contributed by atoms with van der Waals surface area (Å²) in [6.07, 6.45) is 1.52. The lowest BCUT2D eigenvalue weighted by Gasteiger charge is -2.35. The number of amides is 2. The summed E-state index contributed by atoms with van der Waals surface area (Å²) < 4.78 is 24.1. The molecule has 0 spiro atoms. The highest BCUT2D eigenvalue weighted by atomic mass is 19.1. The molecule has 7 nitrogen and oxygen atoms in total. The lowest BCUT2D eigenvalue weighted by molar-refractivity contribution is 0.0929. The monoisotopic (exact) mass is 475 g/mol. The van der Waals surface area contributed by atoms with E-state index in [1.54, 1.807) is 36.4 Å². The Morgan fingerprint density at radius 3 is 2.54 bits per heavy atom. The van der Waals surface area contributed by atoms with Gasteiger partial charge in [0, 0.05) is 36.9 Å². The third kappa shape index (κ3) is 5.21. The van der Waals surface area contributed by atoms with Crippen LogP contribution in [-0.4, -0.2) is 37.7 Å². The predicted octanol–water partition coefficient (Wildman–Crippen LogP) is 3.88. The van der Waals surface area contributed by atoms with Crippen molar-refractivity contribution in [3.63, 3.8) is 0 Å². The molecule has 0 radical (unpaired) electrons. The minimum Gasteiger partial charge on any atom is -0.454 e. The molecule has 1 fully saturated rings. The van der Waals surface area contributed by atoms with Crippen molar-refractivity contribution in [3.05, 3.63) is 89.2 Å². The summed E-state index contributed by atoms with van der Waals surface area (Å²) in [5, 5.41) is 5.99. The maximum Gasteiger partial charge on any atom is 0.253 e. The smallest absolute Gasteiger partial charge is 0.253 e. The van der Waals surface area contributed by atoms with E-state index in [-0.39, 0.29) is 37.0 Å². The van der Waals surface area contributed by atoms with Crippen LogP contribution in [0.1, 0.15) is 39.1 Å². The molecule has 0 saturated carbocycles. The van der Waals surface area contributed by atoms with Crippen molar-refractivity contribution < 1.29 is 23.5 Å². The van der Waals surface area contributed by atoms with Crippen LogP contribution < -0.4 is 25.0 Å². The first-order valence-corrected chi connectivity index (χ1v) is 11.6. The first kappa shape index (κ1) is 22.7. The number of piperidine rings is 1. The number of rotatable bonds is 6. The summed E-state index contributed by atoms with van der Waals surface area (Å²) in [4.78, 5) is 27.8. The van der Waals surface area contributed by atoms with Gasteiger partial charge in [-0.25, -0.2) is 4.39 Å². The number of nitrogens with zero attached hydrogens (tertiary/aromatic N) is 1.